The molecule has 0 spiro atoms. The summed E-state index contributed by atoms with van der Waals surface area (Å²) in [5.74, 6) is 0.283. The number of sulfonamides is 1. The fourth-order valence-corrected chi connectivity index (χ4v) is 2.41. The summed E-state index contributed by atoms with van der Waals surface area (Å²) in [4.78, 5) is 0.0619. The predicted octanol–water partition coefficient (Wildman–Crippen LogP) is 0.576. The Kier molecular flexibility index (Phi) is 3.54. The number of ether oxygens (including phenoxy) is 1. The zero-order chi connectivity index (χ0) is 11.5. The molecule has 15 heavy (non-hydrogen) atoms. The molecule has 3 N–H and O–H groups in total. The normalized spacial score (nSPS) is 11.3. The summed E-state index contributed by atoms with van der Waals surface area (Å²) in [6.07, 6.45) is 0. The molecule has 0 fully saturated rings. The highest BCUT2D eigenvalue weighted by molar-refractivity contribution is 7.89. The van der Waals surface area contributed by atoms with Gasteiger partial charge in [-0.2, -0.15) is 0 Å². The molecule has 0 unspecified atom stereocenters. The maximum atomic E-state index is 11.7. The number of methoxy groups -OCH3 is 1. The average molecular weight is 230 g/mol. The van der Waals surface area contributed by atoms with E-state index in [-0.39, 0.29) is 10.6 Å². The van der Waals surface area contributed by atoms with Crippen LogP contribution in [0.5, 0.6) is 5.75 Å². The molecule has 84 valence electrons. The van der Waals surface area contributed by atoms with Crippen molar-refractivity contribution >= 4 is 15.7 Å². The van der Waals surface area contributed by atoms with Gasteiger partial charge in [0, 0.05) is 12.2 Å². The fourth-order valence-electron chi connectivity index (χ4n) is 1.17. The third kappa shape index (κ3) is 2.60. The summed E-state index contributed by atoms with van der Waals surface area (Å²) in [6.45, 7) is 2.02. The van der Waals surface area contributed by atoms with Gasteiger partial charge in [0.25, 0.3) is 0 Å². The molecule has 0 aliphatic rings. The van der Waals surface area contributed by atoms with Crippen LogP contribution in [-0.4, -0.2) is 22.1 Å². The zero-order valence-corrected chi connectivity index (χ0v) is 9.47. The monoisotopic (exact) mass is 230 g/mol. The lowest BCUT2D eigenvalue weighted by Gasteiger charge is -2.10. The second kappa shape index (κ2) is 4.50. The van der Waals surface area contributed by atoms with Gasteiger partial charge in [-0.25, -0.2) is 13.1 Å². The van der Waals surface area contributed by atoms with E-state index in [1.807, 2.05) is 0 Å². The smallest absolute Gasteiger partial charge is 0.244 e. The molecule has 0 bridgehead atoms. The Balaban J connectivity index is 3.28. The minimum atomic E-state index is -3.53. The topological polar surface area (TPSA) is 81.4 Å². The predicted molar refractivity (Wildman–Crippen MR) is 58.3 cm³/mol. The molecular formula is C9H14N2O3S. The summed E-state index contributed by atoms with van der Waals surface area (Å²) in [6, 6.07) is 4.49. The molecule has 0 radical (unpaired) electrons. The van der Waals surface area contributed by atoms with Crippen molar-refractivity contribution in [1.82, 2.24) is 4.72 Å². The first kappa shape index (κ1) is 11.8. The lowest BCUT2D eigenvalue weighted by molar-refractivity contribution is 0.402. The zero-order valence-electron chi connectivity index (χ0n) is 8.65. The highest BCUT2D eigenvalue weighted by atomic mass is 32.2. The summed E-state index contributed by atoms with van der Waals surface area (Å²) in [7, 11) is -2.12. The maximum Gasteiger partial charge on any atom is 0.244 e. The lowest BCUT2D eigenvalue weighted by atomic mass is 10.3. The van der Waals surface area contributed by atoms with Crippen LogP contribution in [0.2, 0.25) is 0 Å². The molecule has 0 amide bonds. The van der Waals surface area contributed by atoms with Crippen molar-refractivity contribution in [3.8, 4) is 5.75 Å². The number of nitrogens with two attached hydrogens (primary N) is 1. The number of hydrogen-bond donors (Lipinski definition) is 2. The Morgan fingerprint density at radius 3 is 2.67 bits per heavy atom. The quantitative estimate of drug-likeness (QED) is 0.741. The lowest BCUT2D eigenvalue weighted by Crippen LogP contribution is -2.23. The summed E-state index contributed by atoms with van der Waals surface area (Å²) in [5.41, 5.74) is 5.91. The average Bonchev–Trinajstić information content (AvgIpc) is 2.17. The van der Waals surface area contributed by atoms with E-state index in [0.29, 0.717) is 12.2 Å². The first-order chi connectivity index (χ1) is 7.01. The molecule has 1 rings (SSSR count). The van der Waals surface area contributed by atoms with Crippen LogP contribution in [0, 0.1) is 0 Å². The molecule has 0 aliphatic heterocycles. The Bertz CT molecular complexity index is 443. The molecule has 1 aromatic carbocycles. The molecule has 0 aromatic heterocycles. The Labute approximate surface area is 89.3 Å². The van der Waals surface area contributed by atoms with E-state index in [0.717, 1.165) is 0 Å². The molecule has 0 saturated carbocycles. The van der Waals surface area contributed by atoms with Crippen molar-refractivity contribution in [3.05, 3.63) is 18.2 Å². The molecule has 0 saturated heterocycles. The van der Waals surface area contributed by atoms with Gasteiger partial charge in [-0.3, -0.25) is 0 Å². The van der Waals surface area contributed by atoms with Crippen LogP contribution in [0.4, 0.5) is 5.69 Å². The number of rotatable bonds is 4. The van der Waals surface area contributed by atoms with Gasteiger partial charge in [-0.15, -0.1) is 0 Å². The van der Waals surface area contributed by atoms with Crippen molar-refractivity contribution in [1.29, 1.82) is 0 Å². The SMILES string of the molecule is CCNS(=O)(=O)c1cc(N)ccc1OC. The molecule has 0 heterocycles. The van der Waals surface area contributed by atoms with E-state index < -0.39 is 10.0 Å². The Hall–Kier alpha value is -1.27. The van der Waals surface area contributed by atoms with E-state index in [1.165, 1.54) is 19.2 Å². The largest absolute Gasteiger partial charge is 0.495 e. The number of hydrogen-bond acceptors (Lipinski definition) is 4. The Morgan fingerprint density at radius 1 is 1.47 bits per heavy atom. The third-order valence-electron chi connectivity index (χ3n) is 1.81. The van der Waals surface area contributed by atoms with Gasteiger partial charge in [0.05, 0.1) is 7.11 Å². The second-order valence-electron chi connectivity index (χ2n) is 2.91. The fraction of sp³-hybridized carbons (Fsp3) is 0.333. The number of benzene rings is 1. The van der Waals surface area contributed by atoms with Gasteiger partial charge < -0.3 is 10.5 Å². The van der Waals surface area contributed by atoms with Crippen LogP contribution in [0.15, 0.2) is 23.1 Å². The molecule has 6 heteroatoms. The highest BCUT2D eigenvalue weighted by Gasteiger charge is 2.18. The van der Waals surface area contributed by atoms with Crippen LogP contribution < -0.4 is 15.2 Å². The molecular weight excluding hydrogens is 216 g/mol. The van der Waals surface area contributed by atoms with E-state index >= 15 is 0 Å². The van der Waals surface area contributed by atoms with Crippen LogP contribution in [0.3, 0.4) is 0 Å². The first-order valence-electron chi connectivity index (χ1n) is 4.44. The highest BCUT2D eigenvalue weighted by Crippen LogP contribution is 2.25. The molecule has 5 nitrogen and oxygen atoms in total. The molecule has 0 aliphatic carbocycles. The van der Waals surface area contributed by atoms with Gasteiger partial charge in [-0.05, 0) is 18.2 Å². The van der Waals surface area contributed by atoms with Gasteiger partial charge in [-0.1, -0.05) is 6.92 Å². The van der Waals surface area contributed by atoms with Gasteiger partial charge in [0.1, 0.15) is 10.6 Å². The first-order valence-corrected chi connectivity index (χ1v) is 5.92. The van der Waals surface area contributed by atoms with Crippen LogP contribution >= 0.6 is 0 Å². The van der Waals surface area contributed by atoms with E-state index in [9.17, 15) is 8.42 Å². The molecule has 1 aromatic rings. The van der Waals surface area contributed by atoms with Crippen LogP contribution in [0.25, 0.3) is 0 Å². The molecule has 0 atom stereocenters. The van der Waals surface area contributed by atoms with Gasteiger partial charge in [0.2, 0.25) is 10.0 Å². The second-order valence-corrected chi connectivity index (χ2v) is 4.65. The van der Waals surface area contributed by atoms with E-state index in [1.54, 1.807) is 13.0 Å². The van der Waals surface area contributed by atoms with Crippen LogP contribution in [-0.2, 0) is 10.0 Å². The van der Waals surface area contributed by atoms with Gasteiger partial charge in [0.15, 0.2) is 0 Å². The van der Waals surface area contributed by atoms with E-state index in [4.69, 9.17) is 10.5 Å². The number of anilines is 1. The summed E-state index contributed by atoms with van der Waals surface area (Å²) >= 11 is 0. The van der Waals surface area contributed by atoms with Crippen molar-refractivity contribution in [2.24, 2.45) is 0 Å². The summed E-state index contributed by atoms with van der Waals surface area (Å²) in [5, 5.41) is 0. The minimum absolute atomic E-state index is 0.0619. The minimum Gasteiger partial charge on any atom is -0.495 e. The standard InChI is InChI=1S/C9H14N2O3S/c1-3-11-15(12,13)9-6-7(10)4-5-8(9)14-2/h4-6,11H,3,10H2,1-2H3. The van der Waals surface area contributed by atoms with E-state index in [2.05, 4.69) is 4.72 Å². The van der Waals surface area contributed by atoms with Crippen molar-refractivity contribution in [2.45, 2.75) is 11.8 Å². The maximum absolute atomic E-state index is 11.7. The van der Waals surface area contributed by atoms with Crippen molar-refractivity contribution in [2.75, 3.05) is 19.4 Å². The van der Waals surface area contributed by atoms with Crippen molar-refractivity contribution < 1.29 is 13.2 Å². The van der Waals surface area contributed by atoms with Crippen molar-refractivity contribution in [3.63, 3.8) is 0 Å². The summed E-state index contributed by atoms with van der Waals surface area (Å²) < 4.78 is 30.8. The number of nitrogen functional groups attached to an aromatic ring is 1. The Morgan fingerprint density at radius 2 is 2.13 bits per heavy atom. The third-order valence-corrected chi connectivity index (χ3v) is 3.38. The number of nitrogens with one attached hydrogen (secondary N) is 1. The van der Waals surface area contributed by atoms with Gasteiger partial charge >= 0.3 is 0 Å². The van der Waals surface area contributed by atoms with Crippen LogP contribution in [0.1, 0.15) is 6.92 Å².